The van der Waals surface area contributed by atoms with Gasteiger partial charge in [-0.05, 0) is 61.1 Å². The summed E-state index contributed by atoms with van der Waals surface area (Å²) in [7, 11) is 3.72. The van der Waals surface area contributed by atoms with Gasteiger partial charge in [0.25, 0.3) is 0 Å². The Morgan fingerprint density at radius 2 is 1.74 bits per heavy atom. The third-order valence-corrected chi connectivity index (χ3v) is 11.2. The van der Waals surface area contributed by atoms with Crippen molar-refractivity contribution >= 4 is 23.5 Å². The molecule has 0 spiro atoms. The van der Waals surface area contributed by atoms with Gasteiger partial charge in [0, 0.05) is 35.8 Å². The maximum atomic E-state index is 14.6. The van der Waals surface area contributed by atoms with Gasteiger partial charge < -0.3 is 39.0 Å². The minimum Gasteiger partial charge on any atom is -0.458 e. The van der Waals surface area contributed by atoms with Crippen LogP contribution in [0.1, 0.15) is 74.7 Å². The average Bonchev–Trinajstić information content (AvgIpc) is 3.52. The number of esters is 2. The highest BCUT2D eigenvalue weighted by Crippen LogP contribution is 2.53. The third-order valence-electron chi connectivity index (χ3n) is 11.2. The van der Waals surface area contributed by atoms with E-state index in [2.05, 4.69) is 11.2 Å². The predicted octanol–water partition coefficient (Wildman–Crippen LogP) is 1.89. The van der Waals surface area contributed by atoms with Crippen LogP contribution in [0.25, 0.3) is 0 Å². The molecule has 4 aliphatic heterocycles. The molecule has 0 aliphatic carbocycles. The van der Waals surface area contributed by atoms with E-state index in [1.165, 1.54) is 6.92 Å². The van der Waals surface area contributed by atoms with Crippen LogP contribution in [0.15, 0.2) is 0 Å². The van der Waals surface area contributed by atoms with E-state index >= 15 is 0 Å². The van der Waals surface area contributed by atoms with E-state index < -0.39 is 88.7 Å². The first kappa shape index (κ1) is 37.4. The van der Waals surface area contributed by atoms with Gasteiger partial charge in [-0.1, -0.05) is 33.6 Å². The minimum atomic E-state index is -1.36. The lowest BCUT2D eigenvalue weighted by molar-refractivity contribution is -0.296. The number of carbonyl (C=O) groups excluding carboxylic acids is 4. The zero-order valence-electron chi connectivity index (χ0n) is 29.5. The van der Waals surface area contributed by atoms with Crippen LogP contribution in [-0.2, 0) is 42.9 Å². The van der Waals surface area contributed by atoms with Crippen molar-refractivity contribution in [1.29, 1.82) is 0 Å². The normalized spacial score (nSPS) is 46.4. The highest BCUT2D eigenvalue weighted by atomic mass is 16.7. The van der Waals surface area contributed by atoms with Gasteiger partial charge in [0.05, 0.1) is 17.8 Å². The molecular weight excluding hydrogens is 608 g/mol. The van der Waals surface area contributed by atoms with Gasteiger partial charge >= 0.3 is 11.9 Å². The molecule has 12 nitrogen and oxygen atoms in total. The Bertz CT molecular complexity index is 1270. The number of terminal acetylenes is 1. The number of hydrogen-bond acceptors (Lipinski definition) is 12. The van der Waals surface area contributed by atoms with Crippen molar-refractivity contribution < 1.29 is 48.0 Å². The van der Waals surface area contributed by atoms with E-state index in [1.54, 1.807) is 27.7 Å². The molecule has 3 unspecified atom stereocenters. The van der Waals surface area contributed by atoms with E-state index in [0.717, 1.165) is 0 Å². The second-order valence-electron chi connectivity index (χ2n) is 15.0. The molecule has 0 bridgehead atoms. The molecular formula is C35H54N2O10. The maximum absolute atomic E-state index is 14.6. The number of hydrogen-bond donors (Lipinski definition) is 2. The molecule has 0 saturated carbocycles. The largest absolute Gasteiger partial charge is 0.458 e. The summed E-state index contributed by atoms with van der Waals surface area (Å²) < 4.78 is 31.0. The smallest absolute Gasteiger partial charge is 0.324 e. The number of rotatable bonds is 6. The number of Topliss-reactive ketones (excluding diaryl/α,β-unsaturated/α-hetero) is 2. The molecule has 0 aromatic rings. The van der Waals surface area contributed by atoms with Crippen molar-refractivity contribution in [1.82, 2.24) is 10.2 Å². The summed E-state index contributed by atoms with van der Waals surface area (Å²) in [6, 6.07) is -1.06. The summed E-state index contributed by atoms with van der Waals surface area (Å²) >= 11 is 0. The van der Waals surface area contributed by atoms with Crippen LogP contribution in [0.3, 0.4) is 0 Å². The fourth-order valence-corrected chi connectivity index (χ4v) is 8.78. The number of aliphatic hydroxyl groups is 1. The first-order valence-corrected chi connectivity index (χ1v) is 16.8. The Morgan fingerprint density at radius 1 is 1.09 bits per heavy atom. The van der Waals surface area contributed by atoms with Crippen molar-refractivity contribution in [3.63, 3.8) is 0 Å². The van der Waals surface area contributed by atoms with Crippen LogP contribution in [-0.4, -0.2) is 115 Å². The van der Waals surface area contributed by atoms with Crippen molar-refractivity contribution in [3.8, 4) is 12.3 Å². The number of ether oxygens (including phenoxy) is 5. The number of nitrogens with zero attached hydrogens (tertiary/aromatic N) is 1. The molecule has 2 N–H and O–H groups in total. The van der Waals surface area contributed by atoms with E-state index in [0.29, 0.717) is 12.8 Å². The van der Waals surface area contributed by atoms with Gasteiger partial charge in [-0.2, -0.15) is 0 Å². The second-order valence-corrected chi connectivity index (χ2v) is 15.0. The molecule has 4 saturated heterocycles. The molecule has 14 atom stereocenters. The number of ketones is 2. The molecule has 4 aliphatic rings. The molecule has 0 radical (unpaired) electrons. The molecule has 4 fully saturated rings. The third kappa shape index (κ3) is 6.64. The van der Waals surface area contributed by atoms with Crippen LogP contribution < -0.4 is 5.32 Å². The summed E-state index contributed by atoms with van der Waals surface area (Å²) in [5.74, 6) is -2.95. The van der Waals surface area contributed by atoms with Crippen molar-refractivity contribution in [2.45, 2.75) is 129 Å². The Kier molecular flexibility index (Phi) is 11.0. The molecule has 0 amide bonds. The Balaban J connectivity index is 1.84. The molecule has 4 heterocycles. The highest BCUT2D eigenvalue weighted by molar-refractivity contribution is 6.00. The van der Waals surface area contributed by atoms with Crippen molar-refractivity contribution in [3.05, 3.63) is 0 Å². The monoisotopic (exact) mass is 662 g/mol. The molecule has 0 aromatic heterocycles. The Labute approximate surface area is 278 Å². The van der Waals surface area contributed by atoms with Crippen LogP contribution in [0.2, 0.25) is 0 Å². The van der Waals surface area contributed by atoms with E-state index in [1.807, 2.05) is 39.8 Å². The first-order chi connectivity index (χ1) is 21.9. The van der Waals surface area contributed by atoms with Crippen LogP contribution in [0, 0.1) is 41.4 Å². The zero-order chi connectivity index (χ0) is 35.2. The van der Waals surface area contributed by atoms with Crippen LogP contribution >= 0.6 is 0 Å². The van der Waals surface area contributed by atoms with Gasteiger partial charge in [0.2, 0.25) is 0 Å². The lowest BCUT2D eigenvalue weighted by Gasteiger charge is -2.47. The van der Waals surface area contributed by atoms with Gasteiger partial charge in [-0.3, -0.25) is 19.2 Å². The Morgan fingerprint density at radius 3 is 2.34 bits per heavy atom. The summed E-state index contributed by atoms with van der Waals surface area (Å²) in [5, 5.41) is 14.6. The van der Waals surface area contributed by atoms with Gasteiger partial charge in [-0.15, -0.1) is 6.42 Å². The maximum Gasteiger partial charge on any atom is 0.324 e. The van der Waals surface area contributed by atoms with Crippen molar-refractivity contribution in [2.75, 3.05) is 27.2 Å². The number of nitrogens with one attached hydrogen (secondary N) is 1. The summed E-state index contributed by atoms with van der Waals surface area (Å²) in [4.78, 5) is 57.6. The van der Waals surface area contributed by atoms with Crippen molar-refractivity contribution in [2.24, 2.45) is 29.1 Å². The Hall–Kier alpha value is -2.40. The molecule has 12 heteroatoms. The minimum absolute atomic E-state index is 0.0831. The lowest BCUT2D eigenvalue weighted by Crippen LogP contribution is -2.60. The zero-order valence-corrected chi connectivity index (χ0v) is 29.5. The standard InChI is InChI=1S/C35H54N2O10/c1-12-14-43-34(8)16-18(3)28(40)33(7)17-36-24-27(33)35(9,47-31(24)42)23(13-2)45-30(41)21(6)25(38)20(5)29(34)46-32-26(39)22(37(10)11)15-19(4)44-32/h1,18-24,26-27,29,32,36,39H,13-17H2,2-11H3/t18-,19-,20+,21-,22+,23+,24?,26-,27?,29-,32+,33?,34+,35-/m1/s1. The van der Waals surface area contributed by atoms with E-state index in [-0.39, 0.29) is 37.5 Å². The van der Waals surface area contributed by atoms with E-state index in [9.17, 15) is 24.3 Å². The van der Waals surface area contributed by atoms with E-state index in [4.69, 9.17) is 30.1 Å². The predicted molar refractivity (Wildman–Crippen MR) is 171 cm³/mol. The molecule has 0 aromatic carbocycles. The average molecular weight is 663 g/mol. The van der Waals surface area contributed by atoms with Crippen LogP contribution in [0.5, 0.6) is 0 Å². The quantitative estimate of drug-likeness (QED) is 0.243. The first-order valence-electron chi connectivity index (χ1n) is 16.8. The fraction of sp³-hybridized carbons (Fsp3) is 0.829. The number of aliphatic hydroxyl groups excluding tert-OH is 1. The van der Waals surface area contributed by atoms with Crippen LogP contribution in [0.4, 0.5) is 0 Å². The highest BCUT2D eigenvalue weighted by Gasteiger charge is 2.69. The summed E-state index contributed by atoms with van der Waals surface area (Å²) in [5.41, 5.74) is -3.76. The second kappa shape index (κ2) is 13.8. The summed E-state index contributed by atoms with van der Waals surface area (Å²) in [6.45, 7) is 13.9. The fourth-order valence-electron chi connectivity index (χ4n) is 8.78. The molecule has 4 rings (SSSR count). The SMILES string of the molecule is C#CCO[C@@]1(C)C[C@@H](C)C(=O)C2(C)CNC3C(=O)O[C@@](C)(C32)[C@H](CC)OC(=O)[C@H](C)C(=O)[C@H](C)[C@H]1O[C@@H]1O[C@H](C)C[C@H](N(C)C)[C@H]1O. The molecule has 47 heavy (non-hydrogen) atoms. The van der Waals surface area contributed by atoms with Gasteiger partial charge in [-0.25, -0.2) is 0 Å². The topological polar surface area (TPSA) is 150 Å². The lowest BCUT2D eigenvalue weighted by atomic mass is 9.62. The molecule has 264 valence electrons. The number of carbonyl (C=O) groups is 4. The number of likely N-dealkylation sites (N-methyl/N-ethyl adjacent to an activating group) is 1. The summed E-state index contributed by atoms with van der Waals surface area (Å²) in [6.07, 6.45) is 2.09. The van der Waals surface area contributed by atoms with Gasteiger partial charge in [0.15, 0.2) is 17.7 Å². The van der Waals surface area contributed by atoms with Gasteiger partial charge in [0.1, 0.15) is 36.6 Å². The number of cyclic esters (lactones) is 1.